The van der Waals surface area contributed by atoms with Gasteiger partial charge in [-0.15, -0.1) is 10.2 Å². The molecule has 0 atom stereocenters. The summed E-state index contributed by atoms with van der Waals surface area (Å²) < 4.78 is 1.30. The largest absolute Gasteiger partial charge is 0.366 e. The normalized spacial score (nSPS) is 22.2. The first-order valence-corrected chi connectivity index (χ1v) is 12.1. The van der Waals surface area contributed by atoms with Gasteiger partial charge in [0.25, 0.3) is 0 Å². The van der Waals surface area contributed by atoms with Crippen LogP contribution < -0.4 is 4.90 Å². The predicted octanol–water partition coefficient (Wildman–Crippen LogP) is 4.77. The number of aromatic amines is 1. The number of rotatable bonds is 8. The SMILES string of the molecule is CCN(CC[N+]12CCN(CC1)CC2)c1ccc(N=Nc2cc(-c3ccccc3)[nH]n2)c(C)c1. The van der Waals surface area contributed by atoms with Crippen molar-refractivity contribution in [2.45, 2.75) is 13.8 Å². The van der Waals surface area contributed by atoms with Crippen LogP contribution in [0.15, 0.2) is 64.8 Å². The highest BCUT2D eigenvalue weighted by atomic mass is 15.5. The number of nitrogens with zero attached hydrogens (tertiary/aromatic N) is 6. The number of anilines is 1. The van der Waals surface area contributed by atoms with E-state index in [1.807, 2.05) is 36.4 Å². The van der Waals surface area contributed by atoms with E-state index in [0.29, 0.717) is 5.82 Å². The van der Waals surface area contributed by atoms with E-state index >= 15 is 0 Å². The van der Waals surface area contributed by atoms with E-state index in [-0.39, 0.29) is 0 Å². The van der Waals surface area contributed by atoms with Gasteiger partial charge >= 0.3 is 0 Å². The Morgan fingerprint density at radius 2 is 1.76 bits per heavy atom. The number of azo groups is 1. The molecule has 2 bridgehead atoms. The number of aromatic nitrogens is 2. The molecule has 0 aliphatic carbocycles. The topological polar surface area (TPSA) is 59.9 Å². The van der Waals surface area contributed by atoms with Crippen molar-refractivity contribution in [1.82, 2.24) is 15.1 Å². The van der Waals surface area contributed by atoms with Gasteiger partial charge in [0.1, 0.15) is 0 Å². The summed E-state index contributed by atoms with van der Waals surface area (Å²) in [5, 5.41) is 16.2. The van der Waals surface area contributed by atoms with Gasteiger partial charge in [0.15, 0.2) is 5.82 Å². The van der Waals surface area contributed by atoms with E-state index in [1.165, 1.54) is 56.0 Å². The zero-order valence-corrected chi connectivity index (χ0v) is 19.7. The molecule has 3 aromatic rings. The highest BCUT2D eigenvalue weighted by molar-refractivity contribution is 5.62. The maximum absolute atomic E-state index is 4.47. The number of nitrogens with one attached hydrogen (secondary N) is 1. The lowest BCUT2D eigenvalue weighted by molar-refractivity contribution is -0.939. The Hall–Kier alpha value is -3.03. The summed E-state index contributed by atoms with van der Waals surface area (Å²) in [7, 11) is 0. The number of likely N-dealkylation sites (N-methyl/N-ethyl adjacent to an activating group) is 1. The number of hydrogen-bond donors (Lipinski definition) is 1. The van der Waals surface area contributed by atoms with Crippen LogP contribution in [0.2, 0.25) is 0 Å². The summed E-state index contributed by atoms with van der Waals surface area (Å²) >= 11 is 0. The Morgan fingerprint density at radius 3 is 2.45 bits per heavy atom. The average Bonchev–Trinajstić information content (AvgIpc) is 3.35. The molecule has 0 saturated carbocycles. The second kappa shape index (κ2) is 9.45. The highest BCUT2D eigenvalue weighted by Gasteiger charge is 2.38. The van der Waals surface area contributed by atoms with E-state index < -0.39 is 0 Å². The summed E-state index contributed by atoms with van der Waals surface area (Å²) in [5.74, 6) is 0.586. The minimum atomic E-state index is 0.586. The minimum Gasteiger partial charge on any atom is -0.366 e. The van der Waals surface area contributed by atoms with E-state index in [1.54, 1.807) is 0 Å². The standard InChI is InChI=1S/C26H34N7/c1-3-32(14-18-33-15-11-31(12-16-33)13-17-33)23-9-10-24(21(2)19-23)27-29-26-20-25(28-30-26)22-7-5-4-6-8-22/h4-10,19-20H,3,11-18H2,1-2H3,(H,28,30)/q+1. The number of quaternary nitrogens is 1. The van der Waals surface area contributed by atoms with Crippen molar-refractivity contribution >= 4 is 17.2 Å². The first-order valence-electron chi connectivity index (χ1n) is 12.1. The Balaban J connectivity index is 1.24. The van der Waals surface area contributed by atoms with Crippen LogP contribution in [0.1, 0.15) is 12.5 Å². The Bertz CT molecular complexity index is 1080. The second-order valence-corrected chi connectivity index (χ2v) is 9.33. The van der Waals surface area contributed by atoms with E-state index in [0.717, 1.165) is 35.6 Å². The van der Waals surface area contributed by atoms with Crippen LogP contribution in [0.25, 0.3) is 11.3 Å². The molecule has 7 nitrogen and oxygen atoms in total. The molecule has 0 spiro atoms. The summed E-state index contributed by atoms with van der Waals surface area (Å²) in [6.07, 6.45) is 0. The quantitative estimate of drug-likeness (QED) is 0.402. The van der Waals surface area contributed by atoms with Crippen LogP contribution in [-0.4, -0.2) is 78.5 Å². The average molecular weight is 445 g/mol. The van der Waals surface area contributed by atoms with Gasteiger partial charge in [-0.25, -0.2) is 0 Å². The molecule has 1 N–H and O–H groups in total. The lowest BCUT2D eigenvalue weighted by Crippen LogP contribution is -2.68. The fourth-order valence-electron chi connectivity index (χ4n) is 5.05. The first kappa shape index (κ1) is 21.8. The van der Waals surface area contributed by atoms with Crippen LogP contribution in [0.3, 0.4) is 0 Å². The molecule has 2 aromatic carbocycles. The molecule has 0 radical (unpaired) electrons. The zero-order valence-electron chi connectivity index (χ0n) is 19.7. The number of hydrogen-bond acceptors (Lipinski definition) is 5. The summed E-state index contributed by atoms with van der Waals surface area (Å²) in [4.78, 5) is 5.11. The van der Waals surface area contributed by atoms with Gasteiger partial charge in [-0.3, -0.25) is 10.00 Å². The molecule has 33 heavy (non-hydrogen) atoms. The molecule has 0 unspecified atom stereocenters. The molecule has 6 rings (SSSR count). The van der Waals surface area contributed by atoms with Crippen molar-refractivity contribution in [2.75, 3.05) is 63.8 Å². The van der Waals surface area contributed by atoms with Crippen LogP contribution in [0, 0.1) is 6.92 Å². The lowest BCUT2D eigenvalue weighted by Gasteiger charge is -2.51. The van der Waals surface area contributed by atoms with Crippen molar-refractivity contribution in [3.8, 4) is 11.3 Å². The first-order chi connectivity index (χ1) is 16.1. The maximum Gasteiger partial charge on any atom is 0.196 e. The van der Waals surface area contributed by atoms with Gasteiger partial charge in [0, 0.05) is 37.9 Å². The predicted molar refractivity (Wildman–Crippen MR) is 133 cm³/mol. The van der Waals surface area contributed by atoms with E-state index in [9.17, 15) is 0 Å². The van der Waals surface area contributed by atoms with Crippen LogP contribution >= 0.6 is 0 Å². The van der Waals surface area contributed by atoms with Crippen molar-refractivity contribution in [2.24, 2.45) is 10.2 Å². The summed E-state index contributed by atoms with van der Waals surface area (Å²) in [6, 6.07) is 18.5. The number of H-pyrrole nitrogens is 1. The number of piperazine rings is 3. The highest BCUT2D eigenvalue weighted by Crippen LogP contribution is 2.28. The Morgan fingerprint density at radius 1 is 1.00 bits per heavy atom. The molecular formula is C26H34N7+. The molecule has 172 valence electrons. The molecule has 4 heterocycles. The summed E-state index contributed by atoms with van der Waals surface area (Å²) in [6.45, 7) is 15.5. The van der Waals surface area contributed by atoms with Gasteiger partial charge in [-0.2, -0.15) is 5.10 Å². The zero-order chi connectivity index (χ0) is 22.7. The molecule has 3 aliphatic heterocycles. The number of benzene rings is 2. The lowest BCUT2D eigenvalue weighted by atomic mass is 10.1. The van der Waals surface area contributed by atoms with Gasteiger partial charge in [-0.1, -0.05) is 30.3 Å². The maximum atomic E-state index is 4.47. The fraction of sp³-hybridized carbons (Fsp3) is 0.423. The van der Waals surface area contributed by atoms with Gasteiger partial charge in [0.05, 0.1) is 44.1 Å². The second-order valence-electron chi connectivity index (χ2n) is 9.33. The van der Waals surface area contributed by atoms with E-state index in [2.05, 4.69) is 62.3 Å². The van der Waals surface area contributed by atoms with Gasteiger partial charge < -0.3 is 9.38 Å². The molecule has 7 heteroatoms. The van der Waals surface area contributed by atoms with Crippen molar-refractivity contribution in [3.05, 3.63) is 60.2 Å². The minimum absolute atomic E-state index is 0.586. The van der Waals surface area contributed by atoms with Crippen LogP contribution in [0.5, 0.6) is 0 Å². The molecule has 1 aromatic heterocycles. The van der Waals surface area contributed by atoms with Crippen molar-refractivity contribution < 1.29 is 4.48 Å². The third-order valence-electron chi connectivity index (χ3n) is 7.35. The van der Waals surface area contributed by atoms with E-state index in [4.69, 9.17) is 0 Å². The van der Waals surface area contributed by atoms with Gasteiger partial charge in [-0.05, 0) is 43.2 Å². The molecule has 3 saturated heterocycles. The summed E-state index contributed by atoms with van der Waals surface area (Å²) in [5.41, 5.74) is 5.31. The monoisotopic (exact) mass is 444 g/mol. The molecular weight excluding hydrogens is 410 g/mol. The van der Waals surface area contributed by atoms with Crippen LogP contribution in [0.4, 0.5) is 17.2 Å². The molecule has 3 fully saturated rings. The van der Waals surface area contributed by atoms with Crippen LogP contribution in [-0.2, 0) is 0 Å². The Labute approximate surface area is 196 Å². The molecule has 0 amide bonds. The number of fused-ring (bicyclic) bond motifs is 3. The third-order valence-corrected chi connectivity index (χ3v) is 7.35. The fourth-order valence-corrected chi connectivity index (χ4v) is 5.05. The smallest absolute Gasteiger partial charge is 0.196 e. The van der Waals surface area contributed by atoms with Crippen molar-refractivity contribution in [3.63, 3.8) is 0 Å². The Kier molecular flexibility index (Phi) is 6.24. The molecule has 3 aliphatic rings. The van der Waals surface area contributed by atoms with Crippen molar-refractivity contribution in [1.29, 1.82) is 0 Å². The van der Waals surface area contributed by atoms with Gasteiger partial charge in [0.2, 0.25) is 0 Å². The third kappa shape index (κ3) is 4.84. The number of aryl methyl sites for hydroxylation is 1.